The molecule has 6 heteroatoms. The van der Waals surface area contributed by atoms with E-state index in [4.69, 9.17) is 0 Å². The molecule has 22 heavy (non-hydrogen) atoms. The molecule has 0 aliphatic heterocycles. The molecular formula is C16H19N3O3. The molecule has 0 saturated carbocycles. The molecule has 0 spiro atoms. The summed E-state index contributed by atoms with van der Waals surface area (Å²) in [5.41, 5.74) is 0.269. The first-order valence-electron chi connectivity index (χ1n) is 7.10. The Morgan fingerprint density at radius 3 is 2.45 bits per heavy atom. The van der Waals surface area contributed by atoms with Crippen molar-refractivity contribution in [3.05, 3.63) is 62.8 Å². The number of carbonyl (C=O) groups excluding carboxylic acids is 1. The van der Waals surface area contributed by atoms with Gasteiger partial charge in [-0.15, -0.1) is 0 Å². The number of hydrogen-bond acceptors (Lipinski definition) is 3. The minimum Gasteiger partial charge on any atom is -0.312 e. The fourth-order valence-corrected chi connectivity index (χ4v) is 2.16. The molecule has 0 radical (unpaired) electrons. The summed E-state index contributed by atoms with van der Waals surface area (Å²) in [6.07, 6.45) is 1.84. The highest BCUT2D eigenvalue weighted by molar-refractivity contribution is 5.89. The first kappa shape index (κ1) is 15.8. The van der Waals surface area contributed by atoms with Crippen molar-refractivity contribution in [2.45, 2.75) is 19.3 Å². The van der Waals surface area contributed by atoms with Crippen LogP contribution >= 0.6 is 0 Å². The maximum atomic E-state index is 11.9. The summed E-state index contributed by atoms with van der Waals surface area (Å²) in [5.74, 6) is 0.0111. The average Bonchev–Trinajstić information content (AvgIpc) is 2.51. The lowest BCUT2D eigenvalue weighted by molar-refractivity contribution is -0.116. The van der Waals surface area contributed by atoms with Crippen molar-refractivity contribution in [1.82, 2.24) is 9.13 Å². The largest absolute Gasteiger partial charge is 0.332 e. The summed E-state index contributed by atoms with van der Waals surface area (Å²) in [5, 5.41) is 2.62. The lowest BCUT2D eigenvalue weighted by atomic mass is 10.1. The molecule has 0 bridgehead atoms. The van der Waals surface area contributed by atoms with Gasteiger partial charge in [-0.05, 0) is 18.4 Å². The van der Waals surface area contributed by atoms with Crippen molar-refractivity contribution in [2.75, 3.05) is 5.32 Å². The zero-order valence-electron chi connectivity index (χ0n) is 12.7. The minimum atomic E-state index is -0.466. The number of amides is 1. The standard InChI is InChI=1S/C16H19N3O3/c1-18-13(11-15(21)19(2)16(18)22)17-14(20)10-6-9-12-7-4-3-5-8-12/h3-5,7-8,11H,6,9-10H2,1-2H3,(H,17,20). The highest BCUT2D eigenvalue weighted by atomic mass is 16.2. The summed E-state index contributed by atoms with van der Waals surface area (Å²) in [6, 6.07) is 11.2. The van der Waals surface area contributed by atoms with Gasteiger partial charge in [-0.3, -0.25) is 18.7 Å². The smallest absolute Gasteiger partial charge is 0.312 e. The normalized spacial score (nSPS) is 10.5. The molecule has 6 nitrogen and oxygen atoms in total. The third-order valence-corrected chi connectivity index (χ3v) is 3.51. The first-order valence-corrected chi connectivity index (χ1v) is 7.10. The van der Waals surface area contributed by atoms with E-state index in [0.29, 0.717) is 12.8 Å². The van der Waals surface area contributed by atoms with Gasteiger partial charge in [-0.1, -0.05) is 30.3 Å². The van der Waals surface area contributed by atoms with Gasteiger partial charge in [0.25, 0.3) is 5.56 Å². The summed E-state index contributed by atoms with van der Waals surface area (Å²) >= 11 is 0. The van der Waals surface area contributed by atoms with E-state index in [9.17, 15) is 14.4 Å². The molecule has 1 aromatic heterocycles. The Balaban J connectivity index is 1.95. The van der Waals surface area contributed by atoms with Crippen LogP contribution in [0.4, 0.5) is 5.82 Å². The van der Waals surface area contributed by atoms with E-state index in [1.165, 1.54) is 30.3 Å². The molecule has 0 aliphatic carbocycles. The van der Waals surface area contributed by atoms with Gasteiger partial charge in [-0.25, -0.2) is 4.79 Å². The van der Waals surface area contributed by atoms with Crippen LogP contribution < -0.4 is 16.6 Å². The zero-order chi connectivity index (χ0) is 16.1. The Hall–Kier alpha value is -2.63. The van der Waals surface area contributed by atoms with Crippen LogP contribution in [0.5, 0.6) is 0 Å². The van der Waals surface area contributed by atoms with Gasteiger partial charge in [0.05, 0.1) is 0 Å². The zero-order valence-corrected chi connectivity index (χ0v) is 12.7. The predicted octanol–water partition coefficient (Wildman–Crippen LogP) is 1.05. The third-order valence-electron chi connectivity index (χ3n) is 3.51. The number of aromatic nitrogens is 2. The first-order chi connectivity index (χ1) is 10.5. The summed E-state index contributed by atoms with van der Waals surface area (Å²) in [4.78, 5) is 35.3. The molecule has 1 aromatic carbocycles. The maximum absolute atomic E-state index is 11.9. The van der Waals surface area contributed by atoms with Crippen LogP contribution in [0.1, 0.15) is 18.4 Å². The molecule has 2 rings (SSSR count). The topological polar surface area (TPSA) is 73.1 Å². The van der Waals surface area contributed by atoms with Gasteiger partial charge in [-0.2, -0.15) is 0 Å². The number of aryl methyl sites for hydroxylation is 1. The number of nitrogens with one attached hydrogen (secondary N) is 1. The molecular weight excluding hydrogens is 282 g/mol. The number of carbonyl (C=O) groups is 1. The second kappa shape index (κ2) is 6.89. The fourth-order valence-electron chi connectivity index (χ4n) is 2.16. The van der Waals surface area contributed by atoms with Gasteiger partial charge in [0.1, 0.15) is 5.82 Å². The van der Waals surface area contributed by atoms with E-state index >= 15 is 0 Å². The Labute approximate surface area is 128 Å². The van der Waals surface area contributed by atoms with Gasteiger partial charge < -0.3 is 5.32 Å². The molecule has 1 heterocycles. The number of rotatable bonds is 5. The van der Waals surface area contributed by atoms with Crippen LogP contribution in [-0.2, 0) is 25.3 Å². The van der Waals surface area contributed by atoms with Crippen molar-refractivity contribution < 1.29 is 4.79 Å². The third kappa shape index (κ3) is 3.72. The fraction of sp³-hybridized carbons (Fsp3) is 0.312. The quantitative estimate of drug-likeness (QED) is 0.897. The Bertz CT molecular complexity index is 775. The summed E-state index contributed by atoms with van der Waals surface area (Å²) in [7, 11) is 2.91. The van der Waals surface area contributed by atoms with E-state index in [2.05, 4.69) is 5.32 Å². The lowest BCUT2D eigenvalue weighted by Gasteiger charge is -2.10. The Morgan fingerprint density at radius 2 is 1.77 bits per heavy atom. The average molecular weight is 301 g/mol. The van der Waals surface area contributed by atoms with Crippen molar-refractivity contribution in [2.24, 2.45) is 14.1 Å². The van der Waals surface area contributed by atoms with Gasteiger partial charge in [0, 0.05) is 26.6 Å². The summed E-state index contributed by atoms with van der Waals surface area (Å²) < 4.78 is 2.24. The molecule has 0 fully saturated rings. The number of hydrogen-bond donors (Lipinski definition) is 1. The molecule has 116 valence electrons. The van der Waals surface area contributed by atoms with Crippen LogP contribution in [0.25, 0.3) is 0 Å². The highest BCUT2D eigenvalue weighted by Crippen LogP contribution is 2.06. The lowest BCUT2D eigenvalue weighted by Crippen LogP contribution is -2.38. The number of benzene rings is 1. The summed E-state index contributed by atoms with van der Waals surface area (Å²) in [6.45, 7) is 0. The van der Waals surface area contributed by atoms with Gasteiger partial charge >= 0.3 is 5.69 Å². The number of nitrogens with zero attached hydrogens (tertiary/aromatic N) is 2. The van der Waals surface area contributed by atoms with Crippen molar-refractivity contribution >= 4 is 11.7 Å². The van der Waals surface area contributed by atoms with E-state index < -0.39 is 11.2 Å². The second-order valence-corrected chi connectivity index (χ2v) is 5.16. The van der Waals surface area contributed by atoms with Crippen molar-refractivity contribution in [1.29, 1.82) is 0 Å². The second-order valence-electron chi connectivity index (χ2n) is 5.16. The Kier molecular flexibility index (Phi) is 4.93. The Morgan fingerprint density at radius 1 is 1.09 bits per heavy atom. The maximum Gasteiger partial charge on any atom is 0.332 e. The predicted molar refractivity (Wildman–Crippen MR) is 84.9 cm³/mol. The van der Waals surface area contributed by atoms with Crippen molar-refractivity contribution in [3.8, 4) is 0 Å². The van der Waals surface area contributed by atoms with E-state index in [1.54, 1.807) is 0 Å². The van der Waals surface area contributed by atoms with Gasteiger partial charge in [0.15, 0.2) is 0 Å². The number of anilines is 1. The molecule has 2 aromatic rings. The molecule has 0 atom stereocenters. The van der Waals surface area contributed by atoms with Gasteiger partial charge in [0.2, 0.25) is 5.91 Å². The van der Waals surface area contributed by atoms with Crippen LogP contribution in [0.2, 0.25) is 0 Å². The monoisotopic (exact) mass is 301 g/mol. The minimum absolute atomic E-state index is 0.209. The molecule has 1 N–H and O–H groups in total. The highest BCUT2D eigenvalue weighted by Gasteiger charge is 2.09. The SMILES string of the molecule is Cn1c(NC(=O)CCCc2ccccc2)cc(=O)n(C)c1=O. The molecule has 0 saturated heterocycles. The van der Waals surface area contributed by atoms with Crippen molar-refractivity contribution in [3.63, 3.8) is 0 Å². The molecule has 0 aliphatic rings. The van der Waals surface area contributed by atoms with Crippen LogP contribution in [0, 0.1) is 0 Å². The molecule has 1 amide bonds. The van der Waals surface area contributed by atoms with Crippen LogP contribution in [-0.4, -0.2) is 15.0 Å². The van der Waals surface area contributed by atoms with Crippen LogP contribution in [0.15, 0.2) is 46.0 Å². The van der Waals surface area contributed by atoms with E-state index in [1.807, 2.05) is 30.3 Å². The van der Waals surface area contributed by atoms with E-state index in [0.717, 1.165) is 11.0 Å². The van der Waals surface area contributed by atoms with E-state index in [-0.39, 0.29) is 11.7 Å². The van der Waals surface area contributed by atoms with Crippen LogP contribution in [0.3, 0.4) is 0 Å². The molecule has 0 unspecified atom stereocenters.